The molecule has 0 aliphatic carbocycles. The van der Waals surface area contributed by atoms with Crippen LogP contribution in [0.5, 0.6) is 0 Å². The van der Waals surface area contributed by atoms with Crippen molar-refractivity contribution in [3.63, 3.8) is 0 Å². The second-order valence-corrected chi connectivity index (χ2v) is 9.46. The third-order valence-electron chi connectivity index (χ3n) is 4.02. The number of nitrogens with zero attached hydrogens (tertiary/aromatic N) is 1. The minimum atomic E-state index is -2.93. The minimum absolute atomic E-state index is 0.0302. The third kappa shape index (κ3) is 4.96. The van der Waals surface area contributed by atoms with E-state index in [1.165, 1.54) is 11.8 Å². The first-order chi connectivity index (χ1) is 11.9. The maximum Gasteiger partial charge on any atom is 0.224 e. The maximum absolute atomic E-state index is 11.8. The first-order valence-corrected chi connectivity index (χ1v) is 10.7. The van der Waals surface area contributed by atoms with E-state index in [9.17, 15) is 13.2 Å². The molecule has 1 fully saturated rings. The highest BCUT2D eigenvalue weighted by molar-refractivity contribution is 8.15. The van der Waals surface area contributed by atoms with Crippen molar-refractivity contribution in [1.29, 1.82) is 0 Å². The van der Waals surface area contributed by atoms with Gasteiger partial charge in [-0.25, -0.2) is 8.42 Å². The number of methoxy groups -OCH3 is 1. The van der Waals surface area contributed by atoms with Gasteiger partial charge in [-0.15, -0.1) is 0 Å². The minimum Gasteiger partial charge on any atom is -0.383 e. The highest BCUT2D eigenvalue weighted by atomic mass is 32.2. The summed E-state index contributed by atoms with van der Waals surface area (Å²) < 4.78 is 28.0. The number of anilines is 1. The Bertz CT molecular complexity index is 762. The van der Waals surface area contributed by atoms with Gasteiger partial charge >= 0.3 is 0 Å². The first-order valence-electron chi connectivity index (χ1n) is 8.02. The number of rotatable bonds is 6. The van der Waals surface area contributed by atoms with Crippen LogP contribution in [0.3, 0.4) is 0 Å². The molecule has 1 aromatic rings. The molecule has 2 aliphatic rings. The molecule has 0 radical (unpaired) electrons. The molecule has 0 aromatic heterocycles. The normalized spacial score (nSPS) is 23.8. The monoisotopic (exact) mass is 383 g/mol. The van der Waals surface area contributed by atoms with Crippen LogP contribution in [0.1, 0.15) is 5.56 Å². The highest BCUT2D eigenvalue weighted by Gasteiger charge is 2.42. The van der Waals surface area contributed by atoms with Crippen LogP contribution in [0.2, 0.25) is 0 Å². The van der Waals surface area contributed by atoms with Crippen LogP contribution in [-0.2, 0) is 25.8 Å². The smallest absolute Gasteiger partial charge is 0.224 e. The molecule has 7 nitrogen and oxygen atoms in total. The maximum atomic E-state index is 11.8. The number of nitrogens with one attached hydrogen (secondary N) is 2. The number of carbonyl (C=O) groups is 1. The second kappa shape index (κ2) is 7.76. The lowest BCUT2D eigenvalue weighted by Crippen LogP contribution is -2.28. The third-order valence-corrected chi connectivity index (χ3v) is 7.16. The molecule has 2 heterocycles. The Morgan fingerprint density at radius 2 is 2.08 bits per heavy atom. The summed E-state index contributed by atoms with van der Waals surface area (Å²) in [4.78, 5) is 16.2. The van der Waals surface area contributed by atoms with Gasteiger partial charge in [0.1, 0.15) is 0 Å². The lowest BCUT2D eigenvalue weighted by atomic mass is 10.1. The van der Waals surface area contributed by atoms with E-state index in [0.29, 0.717) is 19.6 Å². The number of amides is 1. The molecule has 0 spiro atoms. The predicted octanol–water partition coefficient (Wildman–Crippen LogP) is 0.672. The molecule has 2 aliphatic heterocycles. The molecule has 25 heavy (non-hydrogen) atoms. The fourth-order valence-corrected chi connectivity index (χ4v) is 6.46. The van der Waals surface area contributed by atoms with Gasteiger partial charge in [0.25, 0.3) is 0 Å². The van der Waals surface area contributed by atoms with Gasteiger partial charge < -0.3 is 15.4 Å². The van der Waals surface area contributed by atoms with Gasteiger partial charge in [-0.1, -0.05) is 23.9 Å². The van der Waals surface area contributed by atoms with E-state index in [2.05, 4.69) is 15.6 Å². The van der Waals surface area contributed by atoms with Crippen LogP contribution >= 0.6 is 11.8 Å². The van der Waals surface area contributed by atoms with Gasteiger partial charge in [0, 0.05) is 24.6 Å². The van der Waals surface area contributed by atoms with Crippen molar-refractivity contribution in [1.82, 2.24) is 5.32 Å². The Morgan fingerprint density at radius 3 is 2.76 bits per heavy atom. The zero-order valence-electron chi connectivity index (χ0n) is 13.9. The molecule has 0 bridgehead atoms. The Kier molecular flexibility index (Phi) is 5.65. The van der Waals surface area contributed by atoms with E-state index in [0.717, 1.165) is 16.4 Å². The Labute approximate surface area is 151 Å². The van der Waals surface area contributed by atoms with E-state index >= 15 is 0 Å². The zero-order chi connectivity index (χ0) is 17.9. The van der Waals surface area contributed by atoms with E-state index in [1.807, 2.05) is 24.3 Å². The van der Waals surface area contributed by atoms with Crippen LogP contribution in [0, 0.1) is 0 Å². The molecule has 2 atom stereocenters. The van der Waals surface area contributed by atoms with Crippen molar-refractivity contribution in [2.75, 3.05) is 37.1 Å². The summed E-state index contributed by atoms with van der Waals surface area (Å²) >= 11 is 1.49. The molecule has 136 valence electrons. The van der Waals surface area contributed by atoms with Gasteiger partial charge in [-0.05, 0) is 17.7 Å². The average molecular weight is 383 g/mol. The average Bonchev–Trinajstić information content (AvgIpc) is 3.02. The van der Waals surface area contributed by atoms with Crippen molar-refractivity contribution in [2.45, 2.75) is 17.7 Å². The number of sulfone groups is 1. The highest BCUT2D eigenvalue weighted by Crippen LogP contribution is 2.34. The number of carbonyl (C=O) groups excluding carboxylic acids is 1. The number of thioether (sulfide) groups is 1. The number of hydrogen-bond acceptors (Lipinski definition) is 7. The first kappa shape index (κ1) is 18.2. The molecule has 2 N–H and O–H groups in total. The SMILES string of the molecule is COCCNC(=O)Cc1ccc(NC2=N[C@@H]3CS(=O)(=O)C[C@@H]3S2)cc1. The summed E-state index contributed by atoms with van der Waals surface area (Å²) in [6.45, 7) is 1.00. The van der Waals surface area contributed by atoms with Gasteiger partial charge in [-0.2, -0.15) is 0 Å². The summed E-state index contributed by atoms with van der Waals surface area (Å²) in [6.07, 6.45) is 0.321. The lowest BCUT2D eigenvalue weighted by Gasteiger charge is -2.08. The Balaban J connectivity index is 1.51. The van der Waals surface area contributed by atoms with Crippen molar-refractivity contribution in [2.24, 2.45) is 4.99 Å². The molecular weight excluding hydrogens is 362 g/mol. The van der Waals surface area contributed by atoms with Crippen molar-refractivity contribution >= 4 is 38.4 Å². The van der Waals surface area contributed by atoms with Crippen LogP contribution in [0.25, 0.3) is 0 Å². The summed E-state index contributed by atoms with van der Waals surface area (Å²) in [6, 6.07) is 7.44. The summed E-state index contributed by atoms with van der Waals surface area (Å²) in [5, 5.41) is 6.79. The molecule has 9 heteroatoms. The van der Waals surface area contributed by atoms with Gasteiger partial charge in [0.2, 0.25) is 5.91 Å². The van der Waals surface area contributed by atoms with Crippen LogP contribution in [0.15, 0.2) is 29.3 Å². The number of benzene rings is 1. The van der Waals surface area contributed by atoms with E-state index in [-0.39, 0.29) is 28.7 Å². The zero-order valence-corrected chi connectivity index (χ0v) is 15.5. The molecule has 0 saturated carbocycles. The molecular formula is C16H21N3O4S2. The number of amidine groups is 1. The largest absolute Gasteiger partial charge is 0.383 e. The number of fused-ring (bicyclic) bond motifs is 1. The number of hydrogen-bond donors (Lipinski definition) is 2. The lowest BCUT2D eigenvalue weighted by molar-refractivity contribution is -0.120. The van der Waals surface area contributed by atoms with Crippen molar-refractivity contribution in [3.05, 3.63) is 29.8 Å². The van der Waals surface area contributed by atoms with Gasteiger partial charge in [0.15, 0.2) is 15.0 Å². The van der Waals surface area contributed by atoms with Gasteiger partial charge in [-0.3, -0.25) is 9.79 Å². The van der Waals surface area contributed by atoms with E-state index in [4.69, 9.17) is 4.74 Å². The molecule has 0 unspecified atom stereocenters. The molecule has 1 aromatic carbocycles. The van der Waals surface area contributed by atoms with E-state index in [1.54, 1.807) is 7.11 Å². The van der Waals surface area contributed by atoms with Crippen LogP contribution < -0.4 is 10.6 Å². The summed E-state index contributed by atoms with van der Waals surface area (Å²) in [7, 11) is -1.33. The second-order valence-electron chi connectivity index (χ2n) is 6.08. The molecule has 3 rings (SSSR count). The Hall–Kier alpha value is -1.58. The number of aliphatic imine (C=N–C) groups is 1. The Morgan fingerprint density at radius 1 is 1.32 bits per heavy atom. The van der Waals surface area contributed by atoms with Gasteiger partial charge in [0.05, 0.1) is 30.6 Å². The molecule has 1 amide bonds. The molecule has 1 saturated heterocycles. The standard InChI is InChI=1S/C16H21N3O4S2/c1-23-7-6-17-15(20)8-11-2-4-12(5-3-11)18-16-19-13-9-25(21,22)10-14(13)24-16/h2-5,13-14H,6-10H2,1H3,(H,17,20)(H,18,19)/t13-,14+/m1/s1. The van der Waals surface area contributed by atoms with E-state index < -0.39 is 9.84 Å². The fraction of sp³-hybridized carbons (Fsp3) is 0.500. The summed E-state index contributed by atoms with van der Waals surface area (Å²) in [5.41, 5.74) is 1.79. The fourth-order valence-electron chi connectivity index (χ4n) is 2.79. The predicted molar refractivity (Wildman–Crippen MR) is 99.9 cm³/mol. The topological polar surface area (TPSA) is 96.9 Å². The van der Waals surface area contributed by atoms with Crippen molar-refractivity contribution < 1.29 is 17.9 Å². The van der Waals surface area contributed by atoms with Crippen LogP contribution in [-0.4, -0.2) is 62.6 Å². The number of ether oxygens (including phenoxy) is 1. The van der Waals surface area contributed by atoms with Crippen molar-refractivity contribution in [3.8, 4) is 0 Å². The quantitative estimate of drug-likeness (QED) is 0.701. The summed E-state index contributed by atoms with van der Waals surface area (Å²) in [5.74, 6) is 0.309. The van der Waals surface area contributed by atoms with Crippen LogP contribution in [0.4, 0.5) is 5.69 Å².